The molecule has 0 aliphatic carbocycles. The van der Waals surface area contributed by atoms with Gasteiger partial charge in [0.05, 0.1) is 6.04 Å². The number of aromatic nitrogens is 4. The third-order valence-corrected chi connectivity index (χ3v) is 4.89. The van der Waals surface area contributed by atoms with Crippen molar-refractivity contribution in [2.75, 3.05) is 6.54 Å². The van der Waals surface area contributed by atoms with Gasteiger partial charge in [-0.15, -0.1) is 0 Å². The number of carbonyl (C=O) groups is 1. The van der Waals surface area contributed by atoms with Crippen LogP contribution < -0.4 is 0 Å². The van der Waals surface area contributed by atoms with Crippen LogP contribution in [0.4, 0.5) is 0 Å². The van der Waals surface area contributed by atoms with Crippen LogP contribution in [-0.4, -0.2) is 37.1 Å². The van der Waals surface area contributed by atoms with Crippen molar-refractivity contribution < 1.29 is 4.79 Å². The van der Waals surface area contributed by atoms with Gasteiger partial charge in [0, 0.05) is 29.5 Å². The van der Waals surface area contributed by atoms with Crippen molar-refractivity contribution in [2.24, 2.45) is 7.05 Å². The molecule has 6 nitrogen and oxygen atoms in total. The third kappa shape index (κ3) is 2.38. The first kappa shape index (κ1) is 15.2. The summed E-state index contributed by atoms with van der Waals surface area (Å²) in [5.41, 5.74) is 1.61. The average Bonchev–Trinajstić information content (AvgIpc) is 3.26. The summed E-state index contributed by atoms with van der Waals surface area (Å²) in [6, 6.07) is 7.52. The molecule has 3 heterocycles. The van der Waals surface area contributed by atoms with Crippen LogP contribution >= 0.6 is 11.6 Å². The smallest absolute Gasteiger partial charge is 0.271 e. The van der Waals surface area contributed by atoms with E-state index in [0.29, 0.717) is 16.5 Å². The number of halogens is 1. The van der Waals surface area contributed by atoms with Crippen LogP contribution in [0, 0.1) is 6.92 Å². The molecule has 1 saturated heterocycles. The van der Waals surface area contributed by atoms with E-state index >= 15 is 0 Å². The van der Waals surface area contributed by atoms with Crippen molar-refractivity contribution in [3.63, 3.8) is 0 Å². The first-order chi connectivity index (χ1) is 11.5. The van der Waals surface area contributed by atoms with Crippen LogP contribution in [0.3, 0.4) is 0 Å². The van der Waals surface area contributed by atoms with Gasteiger partial charge in [0.1, 0.15) is 11.5 Å². The van der Waals surface area contributed by atoms with Gasteiger partial charge in [-0.3, -0.25) is 9.89 Å². The monoisotopic (exact) mass is 343 g/mol. The van der Waals surface area contributed by atoms with Gasteiger partial charge < -0.3 is 9.47 Å². The zero-order valence-corrected chi connectivity index (χ0v) is 14.3. The van der Waals surface area contributed by atoms with E-state index in [1.165, 1.54) is 0 Å². The molecular formula is C17H18ClN5O. The first-order valence-corrected chi connectivity index (χ1v) is 8.37. The zero-order valence-electron chi connectivity index (χ0n) is 13.6. The molecule has 0 saturated carbocycles. The third-order valence-electron chi connectivity index (χ3n) is 4.65. The van der Waals surface area contributed by atoms with Gasteiger partial charge in [0.25, 0.3) is 5.91 Å². The highest BCUT2D eigenvalue weighted by Gasteiger charge is 2.34. The fraction of sp³-hybridized carbons (Fsp3) is 0.353. The predicted molar refractivity (Wildman–Crippen MR) is 92.1 cm³/mol. The van der Waals surface area contributed by atoms with Crippen molar-refractivity contribution in [2.45, 2.75) is 25.8 Å². The number of aromatic amines is 1. The Bertz CT molecular complexity index is 928. The van der Waals surface area contributed by atoms with Crippen molar-refractivity contribution in [1.29, 1.82) is 0 Å². The minimum Gasteiger partial charge on any atom is -0.340 e. The number of rotatable bonds is 2. The largest absolute Gasteiger partial charge is 0.340 e. The SMILES string of the molecule is Cc1nc([C@H]2CCCN2C(=O)c2cc3ccc(Cl)cc3n2C)n[nH]1. The Morgan fingerprint density at radius 1 is 1.38 bits per heavy atom. The maximum atomic E-state index is 13.1. The van der Waals surface area contributed by atoms with Crippen molar-refractivity contribution in [3.8, 4) is 0 Å². The highest BCUT2D eigenvalue weighted by atomic mass is 35.5. The molecule has 0 spiro atoms. The molecule has 0 radical (unpaired) electrons. The van der Waals surface area contributed by atoms with Crippen LogP contribution in [-0.2, 0) is 7.05 Å². The summed E-state index contributed by atoms with van der Waals surface area (Å²) in [7, 11) is 1.90. The number of nitrogens with one attached hydrogen (secondary N) is 1. The van der Waals surface area contributed by atoms with Crippen LogP contribution in [0.1, 0.15) is 41.0 Å². The van der Waals surface area contributed by atoms with E-state index in [9.17, 15) is 4.79 Å². The molecule has 2 aromatic heterocycles. The van der Waals surface area contributed by atoms with Crippen molar-refractivity contribution in [3.05, 3.63) is 46.6 Å². The summed E-state index contributed by atoms with van der Waals surface area (Å²) >= 11 is 6.08. The van der Waals surface area contributed by atoms with Crippen LogP contribution in [0.15, 0.2) is 24.3 Å². The number of H-pyrrole nitrogens is 1. The number of hydrogen-bond donors (Lipinski definition) is 1. The van der Waals surface area contributed by atoms with E-state index in [4.69, 9.17) is 11.6 Å². The molecule has 1 N–H and O–H groups in total. The van der Waals surface area contributed by atoms with E-state index in [1.54, 1.807) is 0 Å². The lowest BCUT2D eigenvalue weighted by Gasteiger charge is -2.22. The number of carbonyl (C=O) groups excluding carboxylic acids is 1. The molecule has 1 aliphatic heterocycles. The van der Waals surface area contributed by atoms with Crippen molar-refractivity contribution in [1.82, 2.24) is 24.6 Å². The standard InChI is InChI=1S/C17H18ClN5O/c1-10-19-16(21-20-10)13-4-3-7-23(13)17(24)15-8-11-5-6-12(18)9-14(11)22(15)2/h5-6,8-9,13H,3-4,7H2,1-2H3,(H,19,20,21)/t13-/m1/s1. The molecule has 0 bridgehead atoms. The number of benzene rings is 1. The number of likely N-dealkylation sites (tertiary alicyclic amines) is 1. The molecule has 1 aliphatic rings. The summed E-state index contributed by atoms with van der Waals surface area (Å²) < 4.78 is 1.90. The first-order valence-electron chi connectivity index (χ1n) is 7.99. The molecular weight excluding hydrogens is 326 g/mol. The number of nitrogens with zero attached hydrogens (tertiary/aromatic N) is 4. The van der Waals surface area contributed by atoms with E-state index < -0.39 is 0 Å². The highest BCUT2D eigenvalue weighted by Crippen LogP contribution is 2.32. The van der Waals surface area contributed by atoms with Gasteiger partial charge in [-0.2, -0.15) is 5.10 Å². The van der Waals surface area contributed by atoms with E-state index in [0.717, 1.165) is 36.1 Å². The minimum absolute atomic E-state index is 0.00905. The summed E-state index contributed by atoms with van der Waals surface area (Å²) in [5, 5.41) is 8.79. The second-order valence-electron chi connectivity index (χ2n) is 6.23. The fourth-order valence-electron chi connectivity index (χ4n) is 3.44. The minimum atomic E-state index is -0.0657. The summed E-state index contributed by atoms with van der Waals surface area (Å²) in [6.45, 7) is 2.59. The Kier molecular flexibility index (Phi) is 3.57. The topological polar surface area (TPSA) is 66.8 Å². The summed E-state index contributed by atoms with van der Waals surface area (Å²) in [6.07, 6.45) is 1.85. The second kappa shape index (κ2) is 5.63. The Balaban J connectivity index is 1.71. The fourth-order valence-corrected chi connectivity index (χ4v) is 3.61. The molecule has 24 heavy (non-hydrogen) atoms. The van der Waals surface area contributed by atoms with Gasteiger partial charge in [-0.25, -0.2) is 4.98 Å². The highest BCUT2D eigenvalue weighted by molar-refractivity contribution is 6.31. The number of aryl methyl sites for hydroxylation is 2. The maximum absolute atomic E-state index is 13.1. The normalized spacial score (nSPS) is 17.8. The number of fused-ring (bicyclic) bond motifs is 1. The Morgan fingerprint density at radius 2 is 2.21 bits per heavy atom. The second-order valence-corrected chi connectivity index (χ2v) is 6.66. The molecule has 3 aromatic rings. The molecule has 1 aromatic carbocycles. The summed E-state index contributed by atoms with van der Waals surface area (Å²) in [4.78, 5) is 19.4. The number of hydrogen-bond acceptors (Lipinski definition) is 3. The average molecular weight is 344 g/mol. The molecule has 1 fully saturated rings. The summed E-state index contributed by atoms with van der Waals surface area (Å²) in [5.74, 6) is 1.47. The molecule has 124 valence electrons. The van der Waals surface area contributed by atoms with Crippen LogP contribution in [0.5, 0.6) is 0 Å². The Hall–Kier alpha value is -2.34. The molecule has 1 amide bonds. The predicted octanol–water partition coefficient (Wildman–Crippen LogP) is 3.24. The van der Waals surface area contributed by atoms with E-state index in [-0.39, 0.29) is 11.9 Å². The Morgan fingerprint density at radius 3 is 2.96 bits per heavy atom. The molecule has 0 unspecified atom stereocenters. The van der Waals surface area contributed by atoms with Gasteiger partial charge in [0.15, 0.2) is 5.82 Å². The molecule has 4 rings (SSSR count). The lowest BCUT2D eigenvalue weighted by molar-refractivity contribution is 0.0721. The molecule has 7 heteroatoms. The number of amides is 1. The van der Waals surface area contributed by atoms with Crippen molar-refractivity contribution >= 4 is 28.4 Å². The van der Waals surface area contributed by atoms with Crippen LogP contribution in [0.25, 0.3) is 10.9 Å². The lowest BCUT2D eigenvalue weighted by Crippen LogP contribution is -2.32. The quantitative estimate of drug-likeness (QED) is 0.776. The molecule has 1 atom stereocenters. The van der Waals surface area contributed by atoms with Gasteiger partial charge in [-0.05, 0) is 38.0 Å². The van der Waals surface area contributed by atoms with Gasteiger partial charge in [0.2, 0.25) is 0 Å². The lowest BCUT2D eigenvalue weighted by atomic mass is 10.2. The maximum Gasteiger partial charge on any atom is 0.271 e. The van der Waals surface area contributed by atoms with Gasteiger partial charge >= 0.3 is 0 Å². The zero-order chi connectivity index (χ0) is 16.8. The van der Waals surface area contributed by atoms with E-state index in [1.807, 2.05) is 47.7 Å². The van der Waals surface area contributed by atoms with E-state index in [2.05, 4.69) is 15.2 Å². The van der Waals surface area contributed by atoms with Gasteiger partial charge in [-0.1, -0.05) is 17.7 Å². The Labute approximate surface area is 144 Å². The van der Waals surface area contributed by atoms with Crippen LogP contribution in [0.2, 0.25) is 5.02 Å².